The Bertz CT molecular complexity index is 288. The zero-order valence-corrected chi connectivity index (χ0v) is 9.58. The maximum Gasteiger partial charge on any atom is 0.412 e. The first kappa shape index (κ1) is 12.6. The van der Waals surface area contributed by atoms with E-state index in [2.05, 4.69) is 18.5 Å². The fourth-order valence-electron chi connectivity index (χ4n) is 1.81. The van der Waals surface area contributed by atoms with Crippen LogP contribution in [-0.4, -0.2) is 12.1 Å². The van der Waals surface area contributed by atoms with Crippen LogP contribution in [0.5, 0.6) is 0 Å². The Morgan fingerprint density at radius 3 is 2.50 bits per heavy atom. The van der Waals surface area contributed by atoms with Crippen molar-refractivity contribution in [2.45, 2.75) is 38.1 Å². The number of amides is 1. The van der Waals surface area contributed by atoms with E-state index >= 15 is 0 Å². The van der Waals surface area contributed by atoms with E-state index in [1.807, 2.05) is 0 Å². The van der Waals surface area contributed by atoms with E-state index in [0.29, 0.717) is 5.76 Å². The minimum absolute atomic E-state index is 0.260. The molecule has 0 saturated heterocycles. The second-order valence-electron chi connectivity index (χ2n) is 3.88. The Hall–Kier alpha value is -1.51. The van der Waals surface area contributed by atoms with Crippen molar-refractivity contribution in [2.24, 2.45) is 0 Å². The summed E-state index contributed by atoms with van der Waals surface area (Å²) in [6.07, 6.45) is 9.97. The lowest BCUT2D eigenvalue weighted by molar-refractivity contribution is 0.171. The van der Waals surface area contributed by atoms with Crippen LogP contribution in [0.4, 0.5) is 4.79 Å². The van der Waals surface area contributed by atoms with Crippen LogP contribution in [0.2, 0.25) is 0 Å². The minimum Gasteiger partial charge on any atom is -0.410 e. The molecule has 0 unspecified atom stereocenters. The molecule has 0 aromatic heterocycles. The molecule has 0 spiro atoms. The molecule has 1 aliphatic carbocycles. The molecule has 0 bridgehead atoms. The SMILES string of the molecule is C=C/C=C(\C=C)OC(=O)NC1CCCCC1. The molecule has 0 atom stereocenters. The first-order valence-electron chi connectivity index (χ1n) is 5.69. The first-order chi connectivity index (χ1) is 7.76. The number of allylic oxidation sites excluding steroid dienone is 3. The molecule has 1 rings (SSSR count). The van der Waals surface area contributed by atoms with Crippen LogP contribution in [0.3, 0.4) is 0 Å². The Labute approximate surface area is 96.9 Å². The Morgan fingerprint density at radius 1 is 1.25 bits per heavy atom. The van der Waals surface area contributed by atoms with Gasteiger partial charge >= 0.3 is 6.09 Å². The summed E-state index contributed by atoms with van der Waals surface area (Å²) < 4.78 is 5.06. The van der Waals surface area contributed by atoms with Crippen molar-refractivity contribution >= 4 is 6.09 Å². The van der Waals surface area contributed by atoms with Crippen molar-refractivity contribution < 1.29 is 9.53 Å². The smallest absolute Gasteiger partial charge is 0.410 e. The van der Waals surface area contributed by atoms with Crippen molar-refractivity contribution in [3.8, 4) is 0 Å². The quantitative estimate of drug-likeness (QED) is 0.584. The van der Waals surface area contributed by atoms with Crippen molar-refractivity contribution in [1.82, 2.24) is 5.32 Å². The van der Waals surface area contributed by atoms with Gasteiger partial charge in [-0.25, -0.2) is 4.79 Å². The predicted octanol–water partition coefficient (Wildman–Crippen LogP) is 3.30. The highest BCUT2D eigenvalue weighted by Gasteiger charge is 2.16. The number of nitrogens with one attached hydrogen (secondary N) is 1. The van der Waals surface area contributed by atoms with E-state index in [4.69, 9.17) is 4.74 Å². The standard InChI is InChI=1S/C13H19NO2/c1-3-8-12(4-2)16-13(15)14-11-9-6-5-7-10-11/h3-4,8,11H,1-2,5-7,9-10H2,(H,14,15)/b12-8+. The molecule has 1 aliphatic rings. The Kier molecular flexibility index (Phi) is 5.40. The molecule has 0 aliphatic heterocycles. The van der Waals surface area contributed by atoms with E-state index in [1.165, 1.54) is 25.3 Å². The lowest BCUT2D eigenvalue weighted by Gasteiger charge is -2.22. The van der Waals surface area contributed by atoms with E-state index in [1.54, 1.807) is 12.2 Å². The average Bonchev–Trinajstić information content (AvgIpc) is 2.29. The summed E-state index contributed by atoms with van der Waals surface area (Å²) in [5.41, 5.74) is 0. The van der Waals surface area contributed by atoms with Crippen molar-refractivity contribution in [3.63, 3.8) is 0 Å². The fourth-order valence-corrected chi connectivity index (χ4v) is 1.81. The summed E-state index contributed by atoms with van der Waals surface area (Å²) in [6, 6.07) is 0.260. The molecule has 1 N–H and O–H groups in total. The van der Waals surface area contributed by atoms with Gasteiger partial charge in [0.05, 0.1) is 0 Å². The first-order valence-corrected chi connectivity index (χ1v) is 5.69. The topological polar surface area (TPSA) is 38.3 Å². The summed E-state index contributed by atoms with van der Waals surface area (Å²) in [6.45, 7) is 7.09. The number of ether oxygens (including phenoxy) is 1. The van der Waals surface area contributed by atoms with Gasteiger partial charge < -0.3 is 10.1 Å². The van der Waals surface area contributed by atoms with Crippen LogP contribution in [-0.2, 0) is 4.74 Å². The summed E-state index contributed by atoms with van der Waals surface area (Å²) >= 11 is 0. The van der Waals surface area contributed by atoms with Crippen LogP contribution in [0.25, 0.3) is 0 Å². The van der Waals surface area contributed by atoms with E-state index < -0.39 is 6.09 Å². The van der Waals surface area contributed by atoms with Gasteiger partial charge in [-0.3, -0.25) is 0 Å². The molecule has 1 saturated carbocycles. The van der Waals surface area contributed by atoms with E-state index in [9.17, 15) is 4.79 Å². The van der Waals surface area contributed by atoms with Gasteiger partial charge in [-0.2, -0.15) is 0 Å². The van der Waals surface area contributed by atoms with Gasteiger partial charge in [-0.15, -0.1) is 0 Å². The highest BCUT2D eigenvalue weighted by atomic mass is 16.6. The summed E-state index contributed by atoms with van der Waals surface area (Å²) in [7, 11) is 0. The molecular formula is C13H19NO2. The van der Waals surface area contributed by atoms with Crippen LogP contribution in [0.1, 0.15) is 32.1 Å². The average molecular weight is 221 g/mol. The van der Waals surface area contributed by atoms with Crippen LogP contribution in [0, 0.1) is 0 Å². The fraction of sp³-hybridized carbons (Fsp3) is 0.462. The molecule has 0 heterocycles. The largest absolute Gasteiger partial charge is 0.412 e. The van der Waals surface area contributed by atoms with Gasteiger partial charge in [-0.1, -0.05) is 38.5 Å². The summed E-state index contributed by atoms with van der Waals surface area (Å²) in [5, 5.41) is 2.86. The number of hydrogen-bond donors (Lipinski definition) is 1. The highest BCUT2D eigenvalue weighted by Crippen LogP contribution is 2.17. The van der Waals surface area contributed by atoms with Gasteiger partial charge in [-0.05, 0) is 25.0 Å². The Morgan fingerprint density at radius 2 is 1.94 bits per heavy atom. The second kappa shape index (κ2) is 6.88. The van der Waals surface area contributed by atoms with Crippen molar-refractivity contribution in [1.29, 1.82) is 0 Å². The number of alkyl carbamates (subject to hydrolysis) is 1. The molecule has 88 valence electrons. The van der Waals surface area contributed by atoms with Gasteiger partial charge in [0.15, 0.2) is 0 Å². The van der Waals surface area contributed by atoms with Crippen LogP contribution >= 0.6 is 0 Å². The number of hydrogen-bond acceptors (Lipinski definition) is 2. The van der Waals surface area contributed by atoms with Crippen molar-refractivity contribution in [2.75, 3.05) is 0 Å². The Balaban J connectivity index is 2.36. The lowest BCUT2D eigenvalue weighted by Crippen LogP contribution is -2.36. The van der Waals surface area contributed by atoms with Gasteiger partial charge in [0.1, 0.15) is 5.76 Å². The number of carbonyl (C=O) groups excluding carboxylic acids is 1. The molecule has 0 radical (unpaired) electrons. The highest BCUT2D eigenvalue weighted by molar-refractivity contribution is 5.69. The predicted molar refractivity (Wildman–Crippen MR) is 65.0 cm³/mol. The third-order valence-corrected chi connectivity index (χ3v) is 2.62. The molecule has 0 aromatic rings. The van der Waals surface area contributed by atoms with Gasteiger partial charge in [0, 0.05) is 6.04 Å². The van der Waals surface area contributed by atoms with E-state index in [-0.39, 0.29) is 6.04 Å². The van der Waals surface area contributed by atoms with E-state index in [0.717, 1.165) is 12.8 Å². The molecule has 3 nitrogen and oxygen atoms in total. The van der Waals surface area contributed by atoms with Crippen LogP contribution < -0.4 is 5.32 Å². The van der Waals surface area contributed by atoms with Crippen LogP contribution in [0.15, 0.2) is 37.1 Å². The van der Waals surface area contributed by atoms with Crippen molar-refractivity contribution in [3.05, 3.63) is 37.1 Å². The maximum atomic E-state index is 11.5. The second-order valence-corrected chi connectivity index (χ2v) is 3.88. The molecule has 1 fully saturated rings. The monoisotopic (exact) mass is 221 g/mol. The number of carbonyl (C=O) groups is 1. The summed E-state index contributed by atoms with van der Waals surface area (Å²) in [4.78, 5) is 11.5. The minimum atomic E-state index is -0.403. The zero-order valence-electron chi connectivity index (χ0n) is 9.58. The zero-order chi connectivity index (χ0) is 11.8. The third kappa shape index (κ3) is 4.34. The van der Waals surface area contributed by atoms with Gasteiger partial charge in [0.25, 0.3) is 0 Å². The lowest BCUT2D eigenvalue weighted by atomic mass is 9.96. The van der Waals surface area contributed by atoms with Gasteiger partial charge in [0.2, 0.25) is 0 Å². The number of rotatable bonds is 4. The summed E-state index contributed by atoms with van der Waals surface area (Å²) in [5.74, 6) is 0.420. The molecule has 16 heavy (non-hydrogen) atoms. The maximum absolute atomic E-state index is 11.5. The normalized spacial score (nSPS) is 17.6. The molecule has 3 heteroatoms. The molecule has 0 aromatic carbocycles. The molecule has 1 amide bonds. The molecular weight excluding hydrogens is 202 g/mol. The third-order valence-electron chi connectivity index (χ3n) is 2.62.